The molecule has 0 amide bonds. The molecule has 0 aliphatic heterocycles. The molecule has 8 aromatic rings. The Bertz CT molecular complexity index is 2160. The molecular weight excluding hydrogens is 510 g/mol. The maximum Gasteiger partial charge on any atom is 0.356 e. The molecule has 0 radical (unpaired) electrons. The molecular formula is C34H21N5O2. The summed E-state index contributed by atoms with van der Waals surface area (Å²) >= 11 is 0. The van der Waals surface area contributed by atoms with Gasteiger partial charge >= 0.3 is 11.4 Å². The fraction of sp³-hybridized carbons (Fsp3) is 0. The van der Waals surface area contributed by atoms with Crippen molar-refractivity contribution in [2.24, 2.45) is 0 Å². The van der Waals surface area contributed by atoms with Crippen molar-refractivity contribution in [1.29, 1.82) is 0 Å². The minimum Gasteiger partial charge on any atom is -0.248 e. The summed E-state index contributed by atoms with van der Waals surface area (Å²) in [5.41, 5.74) is 3.61. The molecule has 0 fully saturated rings. The van der Waals surface area contributed by atoms with Crippen LogP contribution in [0.5, 0.6) is 0 Å². The molecule has 7 heteroatoms. The number of benzene rings is 5. The van der Waals surface area contributed by atoms with Gasteiger partial charge in [-0.1, -0.05) is 91.0 Å². The minimum atomic E-state index is -0.479. The van der Waals surface area contributed by atoms with Crippen LogP contribution in [-0.2, 0) is 0 Å². The highest BCUT2D eigenvalue weighted by Crippen LogP contribution is 2.32. The summed E-state index contributed by atoms with van der Waals surface area (Å²) in [6.45, 7) is 0. The summed E-state index contributed by atoms with van der Waals surface area (Å²) in [5.74, 6) is 0. The number of rotatable bonds is 3. The maximum absolute atomic E-state index is 14.6. The van der Waals surface area contributed by atoms with E-state index in [0.717, 1.165) is 43.6 Å². The highest BCUT2D eigenvalue weighted by Gasteiger charge is 2.26. The molecule has 0 N–H and O–H groups in total. The Morgan fingerprint density at radius 2 is 0.707 bits per heavy atom. The Labute approximate surface area is 232 Å². The molecule has 0 spiro atoms. The normalized spacial score (nSPS) is 11.6. The summed E-state index contributed by atoms with van der Waals surface area (Å²) in [5, 5.41) is 3.04. The number of para-hydroxylation sites is 5. The topological polar surface area (TPSA) is 74.7 Å². The summed E-state index contributed by atoms with van der Waals surface area (Å²) in [6.07, 6.45) is 0. The van der Waals surface area contributed by atoms with Crippen LogP contribution >= 0.6 is 0 Å². The molecule has 0 atom stereocenters. The van der Waals surface area contributed by atoms with E-state index in [1.165, 1.54) is 13.9 Å². The average Bonchev–Trinajstić information content (AvgIpc) is 3.27. The zero-order valence-electron chi connectivity index (χ0n) is 21.7. The van der Waals surface area contributed by atoms with Crippen molar-refractivity contribution < 1.29 is 0 Å². The van der Waals surface area contributed by atoms with Crippen molar-refractivity contribution in [2.45, 2.75) is 0 Å². The van der Waals surface area contributed by atoms with Crippen molar-refractivity contribution >= 4 is 43.6 Å². The van der Waals surface area contributed by atoms with Crippen molar-refractivity contribution in [3.63, 3.8) is 0 Å². The van der Waals surface area contributed by atoms with Gasteiger partial charge in [0.15, 0.2) is 0 Å². The van der Waals surface area contributed by atoms with Crippen molar-refractivity contribution in [1.82, 2.24) is 23.9 Å². The number of nitrogens with zero attached hydrogens (tertiary/aromatic N) is 5. The van der Waals surface area contributed by atoms with E-state index >= 15 is 0 Å². The maximum atomic E-state index is 14.6. The van der Waals surface area contributed by atoms with Gasteiger partial charge < -0.3 is 0 Å². The standard InChI is InChI=1S/C34H21N5O2/c40-33-37(22-12-2-1-3-13-22)34(41)39(32-25-16-6-10-20-29(25)36-30-21-11-7-17-26(30)32)38(33)31-23-14-4-8-18-27(23)35-28-19-9-5-15-24(28)31/h1-21H. The lowest BCUT2D eigenvalue weighted by Gasteiger charge is -2.17. The second kappa shape index (κ2) is 8.86. The van der Waals surface area contributed by atoms with Gasteiger partial charge in [-0.2, -0.15) is 9.36 Å². The zero-order chi connectivity index (χ0) is 27.5. The van der Waals surface area contributed by atoms with E-state index in [1.807, 2.05) is 115 Å². The fourth-order valence-corrected chi connectivity index (χ4v) is 5.72. The lowest BCUT2D eigenvalue weighted by atomic mass is 10.1. The first-order valence-electron chi connectivity index (χ1n) is 13.3. The Morgan fingerprint density at radius 1 is 0.390 bits per heavy atom. The molecule has 0 bridgehead atoms. The monoisotopic (exact) mass is 531 g/mol. The number of pyridine rings is 2. The molecule has 0 saturated carbocycles. The van der Waals surface area contributed by atoms with E-state index in [4.69, 9.17) is 9.97 Å². The third-order valence-electron chi connectivity index (χ3n) is 7.50. The molecule has 0 aliphatic carbocycles. The number of hydrogen-bond acceptors (Lipinski definition) is 4. The number of fused-ring (bicyclic) bond motifs is 4. The van der Waals surface area contributed by atoms with Gasteiger partial charge in [-0.3, -0.25) is 0 Å². The highest BCUT2D eigenvalue weighted by atomic mass is 16.2. The summed E-state index contributed by atoms with van der Waals surface area (Å²) in [4.78, 5) is 39.0. The quantitative estimate of drug-likeness (QED) is 0.255. The lowest BCUT2D eigenvalue weighted by Crippen LogP contribution is -2.27. The summed E-state index contributed by atoms with van der Waals surface area (Å²) in [6, 6.07) is 39.8. The summed E-state index contributed by atoms with van der Waals surface area (Å²) in [7, 11) is 0. The molecule has 0 aliphatic rings. The lowest BCUT2D eigenvalue weighted by molar-refractivity contribution is 0.721. The minimum absolute atomic E-state index is 0.479. The molecule has 5 aromatic carbocycles. The van der Waals surface area contributed by atoms with Gasteiger partial charge in [-0.25, -0.2) is 24.1 Å². The average molecular weight is 532 g/mol. The van der Waals surface area contributed by atoms with Crippen LogP contribution in [0.2, 0.25) is 0 Å². The molecule has 41 heavy (non-hydrogen) atoms. The molecule has 194 valence electrons. The van der Waals surface area contributed by atoms with Crippen LogP contribution in [0.25, 0.3) is 60.7 Å². The van der Waals surface area contributed by atoms with Crippen LogP contribution in [-0.4, -0.2) is 23.9 Å². The van der Waals surface area contributed by atoms with Crippen molar-refractivity contribution in [3.8, 4) is 17.1 Å². The van der Waals surface area contributed by atoms with E-state index in [9.17, 15) is 9.59 Å². The van der Waals surface area contributed by atoms with Gasteiger partial charge in [-0.05, 0) is 36.4 Å². The Morgan fingerprint density at radius 3 is 1.07 bits per heavy atom. The zero-order valence-corrected chi connectivity index (χ0v) is 21.7. The third-order valence-corrected chi connectivity index (χ3v) is 7.50. The van der Waals surface area contributed by atoms with E-state index < -0.39 is 11.4 Å². The highest BCUT2D eigenvalue weighted by molar-refractivity contribution is 6.05. The van der Waals surface area contributed by atoms with E-state index in [1.54, 1.807) is 12.1 Å². The smallest absolute Gasteiger partial charge is 0.248 e. The first-order valence-corrected chi connectivity index (χ1v) is 13.3. The van der Waals surface area contributed by atoms with Crippen molar-refractivity contribution in [2.75, 3.05) is 0 Å². The van der Waals surface area contributed by atoms with E-state index in [-0.39, 0.29) is 0 Å². The van der Waals surface area contributed by atoms with E-state index in [0.29, 0.717) is 17.1 Å². The van der Waals surface area contributed by atoms with Gasteiger partial charge in [0.2, 0.25) is 0 Å². The second-order valence-electron chi connectivity index (χ2n) is 9.85. The van der Waals surface area contributed by atoms with Crippen LogP contribution in [0.15, 0.2) is 137 Å². The van der Waals surface area contributed by atoms with Gasteiger partial charge in [0.1, 0.15) is 0 Å². The van der Waals surface area contributed by atoms with Crippen LogP contribution in [0, 0.1) is 0 Å². The van der Waals surface area contributed by atoms with Gasteiger partial charge in [-0.15, -0.1) is 0 Å². The predicted molar refractivity (Wildman–Crippen MR) is 163 cm³/mol. The van der Waals surface area contributed by atoms with Gasteiger partial charge in [0.05, 0.1) is 39.1 Å². The molecule has 3 heterocycles. The van der Waals surface area contributed by atoms with Crippen LogP contribution < -0.4 is 11.4 Å². The molecule has 0 saturated heterocycles. The first kappa shape index (κ1) is 23.1. The first-order chi connectivity index (χ1) is 20.2. The van der Waals surface area contributed by atoms with Crippen LogP contribution in [0.3, 0.4) is 0 Å². The van der Waals surface area contributed by atoms with Gasteiger partial charge in [0, 0.05) is 21.5 Å². The summed E-state index contributed by atoms with van der Waals surface area (Å²) < 4.78 is 4.25. The number of aromatic nitrogens is 5. The molecule has 0 unspecified atom stereocenters. The Hall–Kier alpha value is -5.82. The van der Waals surface area contributed by atoms with Gasteiger partial charge in [0.25, 0.3) is 0 Å². The SMILES string of the molecule is O=c1n(-c2ccccc2)c(=O)n(-c2c3ccccc3nc3ccccc23)n1-c1c2ccccc2nc2ccccc12. The fourth-order valence-electron chi connectivity index (χ4n) is 5.72. The Balaban J connectivity index is 1.66. The largest absolute Gasteiger partial charge is 0.356 e. The van der Waals surface area contributed by atoms with Crippen LogP contribution in [0.1, 0.15) is 0 Å². The van der Waals surface area contributed by atoms with Crippen molar-refractivity contribution in [3.05, 3.63) is 148 Å². The molecule has 8 rings (SSSR count). The Kier molecular flexibility index (Phi) is 4.99. The second-order valence-corrected chi connectivity index (χ2v) is 9.85. The number of hydrogen-bond donors (Lipinski definition) is 0. The van der Waals surface area contributed by atoms with Crippen LogP contribution in [0.4, 0.5) is 0 Å². The predicted octanol–water partition coefficient (Wildman–Crippen LogP) is 6.18. The van der Waals surface area contributed by atoms with E-state index in [2.05, 4.69) is 0 Å². The molecule has 3 aromatic heterocycles. The molecule has 7 nitrogen and oxygen atoms in total. The third kappa shape index (κ3) is 3.39.